The van der Waals surface area contributed by atoms with E-state index in [4.69, 9.17) is 4.74 Å². The van der Waals surface area contributed by atoms with E-state index in [1.54, 1.807) is 20.8 Å². The maximum absolute atomic E-state index is 14.0. The summed E-state index contributed by atoms with van der Waals surface area (Å²) in [5.41, 5.74) is -2.21. The maximum Gasteiger partial charge on any atom is 0.410 e. The number of benzene rings is 1. The molecule has 1 aliphatic heterocycles. The summed E-state index contributed by atoms with van der Waals surface area (Å²) in [5, 5.41) is 13.6. The zero-order chi connectivity index (χ0) is 19.6. The van der Waals surface area contributed by atoms with Gasteiger partial charge in [-0.15, -0.1) is 0 Å². The number of amides is 1. The molecular formula is C16H20F3N3O4. The second-order valence-electron chi connectivity index (χ2n) is 7.02. The lowest BCUT2D eigenvalue weighted by Gasteiger charge is -2.34. The average Bonchev–Trinajstić information content (AvgIpc) is 2.54. The van der Waals surface area contributed by atoms with Gasteiger partial charge in [-0.25, -0.2) is 18.0 Å². The van der Waals surface area contributed by atoms with E-state index >= 15 is 0 Å². The van der Waals surface area contributed by atoms with E-state index in [1.165, 1.54) is 4.90 Å². The standard InChI is InChI=1S/C16H20F3N3O4/c1-16(2,3)26-15(23)21-6-4-9(5-7-21)20-14-11(22(24)25)8-10(17)12(18)13(14)19/h8-9,20H,4-7H2,1-3H3. The van der Waals surface area contributed by atoms with Crippen molar-refractivity contribution >= 4 is 17.5 Å². The molecule has 1 saturated heterocycles. The van der Waals surface area contributed by atoms with Crippen LogP contribution in [0.2, 0.25) is 0 Å². The molecule has 0 unspecified atom stereocenters. The van der Waals surface area contributed by atoms with Gasteiger partial charge in [0, 0.05) is 19.1 Å². The Bertz CT molecular complexity index is 714. The highest BCUT2D eigenvalue weighted by Crippen LogP contribution is 2.32. The SMILES string of the molecule is CC(C)(C)OC(=O)N1CCC(Nc2c([N+](=O)[O-])cc(F)c(F)c2F)CC1. The first-order valence-corrected chi connectivity index (χ1v) is 8.06. The van der Waals surface area contributed by atoms with Gasteiger partial charge < -0.3 is 15.0 Å². The molecule has 0 bridgehead atoms. The number of hydrogen-bond donors (Lipinski definition) is 1. The minimum Gasteiger partial charge on any atom is -0.444 e. The molecule has 1 aromatic carbocycles. The fourth-order valence-corrected chi connectivity index (χ4v) is 2.60. The van der Waals surface area contributed by atoms with Crippen molar-refractivity contribution in [1.82, 2.24) is 4.90 Å². The summed E-state index contributed by atoms with van der Waals surface area (Å²) in [7, 11) is 0. The lowest BCUT2D eigenvalue weighted by Crippen LogP contribution is -2.44. The molecule has 0 aliphatic carbocycles. The Morgan fingerprint density at radius 1 is 1.27 bits per heavy atom. The largest absolute Gasteiger partial charge is 0.444 e. The number of piperidine rings is 1. The third-order valence-electron chi connectivity index (χ3n) is 3.83. The monoisotopic (exact) mass is 375 g/mol. The molecule has 2 rings (SSSR count). The molecule has 1 N–H and O–H groups in total. The van der Waals surface area contributed by atoms with Crippen LogP contribution in [0.3, 0.4) is 0 Å². The Hall–Kier alpha value is -2.52. The molecule has 26 heavy (non-hydrogen) atoms. The van der Waals surface area contributed by atoms with Crippen molar-refractivity contribution in [2.24, 2.45) is 0 Å². The van der Waals surface area contributed by atoms with Crippen molar-refractivity contribution in [1.29, 1.82) is 0 Å². The van der Waals surface area contributed by atoms with E-state index in [0.29, 0.717) is 18.9 Å². The Balaban J connectivity index is 2.07. The van der Waals surface area contributed by atoms with Gasteiger partial charge in [0.2, 0.25) is 0 Å². The molecule has 7 nitrogen and oxygen atoms in total. The van der Waals surface area contributed by atoms with E-state index in [9.17, 15) is 28.1 Å². The zero-order valence-corrected chi connectivity index (χ0v) is 14.6. The van der Waals surface area contributed by atoms with Crippen molar-refractivity contribution < 1.29 is 27.6 Å². The van der Waals surface area contributed by atoms with Crippen LogP contribution in [-0.2, 0) is 4.74 Å². The highest BCUT2D eigenvalue weighted by atomic mass is 19.2. The predicted octanol–water partition coefficient (Wildman–Crippen LogP) is 3.82. The Labute approximate surface area is 148 Å². The number of nitrogens with zero attached hydrogens (tertiary/aromatic N) is 2. The highest BCUT2D eigenvalue weighted by Gasteiger charge is 2.31. The predicted molar refractivity (Wildman–Crippen MR) is 87.4 cm³/mol. The van der Waals surface area contributed by atoms with Crippen LogP contribution in [0.4, 0.5) is 29.3 Å². The quantitative estimate of drug-likeness (QED) is 0.493. The third kappa shape index (κ3) is 4.55. The van der Waals surface area contributed by atoms with Crippen LogP contribution in [0.15, 0.2) is 6.07 Å². The van der Waals surface area contributed by atoms with Crippen LogP contribution < -0.4 is 5.32 Å². The summed E-state index contributed by atoms with van der Waals surface area (Å²) in [5.74, 6) is -5.03. The number of halogens is 3. The van der Waals surface area contributed by atoms with Crippen LogP contribution in [0.1, 0.15) is 33.6 Å². The molecule has 1 fully saturated rings. The van der Waals surface area contributed by atoms with Crippen LogP contribution in [-0.4, -0.2) is 40.6 Å². The Kier molecular flexibility index (Phi) is 5.62. The smallest absolute Gasteiger partial charge is 0.410 e. The lowest BCUT2D eigenvalue weighted by atomic mass is 10.0. The molecule has 1 amide bonds. The summed E-state index contributed by atoms with van der Waals surface area (Å²) in [6.07, 6.45) is 0.199. The number of ether oxygens (including phenoxy) is 1. The minimum atomic E-state index is -1.77. The molecule has 1 heterocycles. The minimum absolute atomic E-state index is 0.283. The molecule has 0 atom stereocenters. The van der Waals surface area contributed by atoms with E-state index < -0.39 is 51.5 Å². The van der Waals surface area contributed by atoms with Crippen molar-refractivity contribution in [2.45, 2.75) is 45.3 Å². The van der Waals surface area contributed by atoms with Gasteiger partial charge >= 0.3 is 6.09 Å². The number of nitro benzene ring substituents is 1. The number of anilines is 1. The van der Waals surface area contributed by atoms with Crippen LogP contribution in [0.5, 0.6) is 0 Å². The number of rotatable bonds is 3. The molecule has 10 heteroatoms. The van der Waals surface area contributed by atoms with Gasteiger partial charge in [0.15, 0.2) is 23.1 Å². The molecule has 144 valence electrons. The lowest BCUT2D eigenvalue weighted by molar-refractivity contribution is -0.384. The number of carbonyl (C=O) groups is 1. The van der Waals surface area contributed by atoms with Gasteiger partial charge in [0.1, 0.15) is 5.60 Å². The first-order chi connectivity index (χ1) is 12.0. The summed E-state index contributed by atoms with van der Waals surface area (Å²) in [6.45, 7) is 5.79. The molecule has 0 aromatic heterocycles. The molecule has 0 spiro atoms. The Morgan fingerprint density at radius 2 is 1.85 bits per heavy atom. The summed E-state index contributed by atoms with van der Waals surface area (Å²) in [4.78, 5) is 23.5. The second kappa shape index (κ2) is 7.38. The summed E-state index contributed by atoms with van der Waals surface area (Å²) >= 11 is 0. The highest BCUT2D eigenvalue weighted by molar-refractivity contribution is 5.68. The second-order valence-corrected chi connectivity index (χ2v) is 7.02. The zero-order valence-electron chi connectivity index (χ0n) is 14.6. The maximum atomic E-state index is 14.0. The normalized spacial score (nSPS) is 15.7. The van der Waals surface area contributed by atoms with E-state index in [1.807, 2.05) is 0 Å². The van der Waals surface area contributed by atoms with Crippen molar-refractivity contribution in [3.63, 3.8) is 0 Å². The van der Waals surface area contributed by atoms with Gasteiger partial charge in [-0.1, -0.05) is 0 Å². The van der Waals surface area contributed by atoms with Gasteiger partial charge in [-0.05, 0) is 33.6 Å². The summed E-state index contributed by atoms with van der Waals surface area (Å²) < 4.78 is 45.9. The topological polar surface area (TPSA) is 84.7 Å². The molecule has 1 aromatic rings. The first-order valence-electron chi connectivity index (χ1n) is 8.06. The number of hydrogen-bond acceptors (Lipinski definition) is 5. The van der Waals surface area contributed by atoms with Crippen molar-refractivity contribution in [3.8, 4) is 0 Å². The number of nitro groups is 1. The fraction of sp³-hybridized carbons (Fsp3) is 0.562. The van der Waals surface area contributed by atoms with Crippen LogP contribution in [0, 0.1) is 27.6 Å². The average molecular weight is 375 g/mol. The van der Waals surface area contributed by atoms with Crippen molar-refractivity contribution in [2.75, 3.05) is 18.4 Å². The number of likely N-dealkylation sites (tertiary alicyclic amines) is 1. The number of nitrogens with one attached hydrogen (secondary N) is 1. The summed E-state index contributed by atoms with van der Waals surface area (Å²) in [6, 6.07) is -0.0944. The van der Waals surface area contributed by atoms with E-state index in [0.717, 1.165) is 0 Å². The Morgan fingerprint density at radius 3 is 2.35 bits per heavy atom. The van der Waals surface area contributed by atoms with Crippen LogP contribution in [0.25, 0.3) is 0 Å². The molecular weight excluding hydrogens is 355 g/mol. The third-order valence-corrected chi connectivity index (χ3v) is 3.83. The molecule has 0 saturated carbocycles. The molecule has 0 radical (unpaired) electrons. The molecule has 1 aliphatic rings. The van der Waals surface area contributed by atoms with Gasteiger partial charge in [0.25, 0.3) is 5.69 Å². The van der Waals surface area contributed by atoms with Gasteiger partial charge in [-0.3, -0.25) is 10.1 Å². The van der Waals surface area contributed by atoms with Gasteiger partial charge in [-0.2, -0.15) is 0 Å². The first kappa shape index (κ1) is 19.8. The van der Waals surface area contributed by atoms with Crippen LogP contribution >= 0.6 is 0 Å². The van der Waals surface area contributed by atoms with Gasteiger partial charge in [0.05, 0.1) is 11.0 Å². The van der Waals surface area contributed by atoms with E-state index in [2.05, 4.69) is 5.32 Å². The fourth-order valence-electron chi connectivity index (χ4n) is 2.60. The number of carbonyl (C=O) groups excluding carboxylic acids is 1. The van der Waals surface area contributed by atoms with Crippen molar-refractivity contribution in [3.05, 3.63) is 33.6 Å². The van der Waals surface area contributed by atoms with E-state index in [-0.39, 0.29) is 13.1 Å².